The van der Waals surface area contributed by atoms with Crippen LogP contribution >= 0.6 is 0 Å². The molecular weight excluding hydrogens is 448 g/mol. The minimum Gasteiger partial charge on any atom is -0.497 e. The number of hydrogen-bond acceptors (Lipinski definition) is 5. The molecule has 3 aromatic carbocycles. The van der Waals surface area contributed by atoms with Gasteiger partial charge in [-0.25, -0.2) is 9.59 Å². The fraction of sp³-hybridized carbons (Fsp3) is 0.222. The van der Waals surface area contributed by atoms with Crippen molar-refractivity contribution in [2.45, 2.75) is 25.3 Å². The van der Waals surface area contributed by atoms with Crippen LogP contribution in [0.4, 0.5) is 10.5 Å². The number of aromatic carboxylic acids is 1. The Labute approximate surface area is 202 Å². The molecule has 35 heavy (non-hydrogen) atoms. The number of rotatable bonds is 8. The molecule has 2 amide bonds. The van der Waals surface area contributed by atoms with E-state index in [1.807, 2.05) is 36.4 Å². The van der Waals surface area contributed by atoms with Crippen LogP contribution in [0.1, 0.15) is 40.7 Å². The number of methoxy groups -OCH3 is 1. The summed E-state index contributed by atoms with van der Waals surface area (Å²) in [7, 11) is 1.42. The predicted octanol–water partition coefficient (Wildman–Crippen LogP) is 4.65. The van der Waals surface area contributed by atoms with Crippen molar-refractivity contribution in [2.75, 3.05) is 19.0 Å². The third-order valence-corrected chi connectivity index (χ3v) is 6.08. The molecule has 0 saturated carbocycles. The molecule has 0 bridgehead atoms. The van der Waals surface area contributed by atoms with E-state index in [9.17, 15) is 19.5 Å². The molecule has 3 N–H and O–H groups in total. The zero-order valence-corrected chi connectivity index (χ0v) is 19.4. The molecule has 0 aromatic heterocycles. The molecule has 8 heteroatoms. The van der Waals surface area contributed by atoms with Gasteiger partial charge in [-0.2, -0.15) is 0 Å². The molecule has 1 aliphatic carbocycles. The average molecular weight is 475 g/mol. The van der Waals surface area contributed by atoms with E-state index in [1.54, 1.807) is 13.0 Å². The van der Waals surface area contributed by atoms with E-state index in [0.29, 0.717) is 5.75 Å². The van der Waals surface area contributed by atoms with Crippen LogP contribution in [0.3, 0.4) is 0 Å². The van der Waals surface area contributed by atoms with E-state index < -0.39 is 24.0 Å². The Kier molecular flexibility index (Phi) is 7.01. The zero-order valence-electron chi connectivity index (χ0n) is 19.4. The molecule has 0 radical (unpaired) electrons. The Morgan fingerprint density at radius 1 is 0.971 bits per heavy atom. The number of benzene rings is 3. The molecule has 0 aliphatic heterocycles. The van der Waals surface area contributed by atoms with Gasteiger partial charge in [0.25, 0.3) is 0 Å². The summed E-state index contributed by atoms with van der Waals surface area (Å²) in [4.78, 5) is 37.0. The second-order valence-electron chi connectivity index (χ2n) is 8.14. The first-order valence-corrected chi connectivity index (χ1v) is 11.3. The highest BCUT2D eigenvalue weighted by Crippen LogP contribution is 2.44. The molecule has 4 rings (SSSR count). The van der Waals surface area contributed by atoms with Gasteiger partial charge in [-0.1, -0.05) is 55.5 Å². The number of carbonyl (C=O) groups excluding carboxylic acids is 2. The van der Waals surface area contributed by atoms with Crippen molar-refractivity contribution in [3.8, 4) is 16.9 Å². The molecule has 0 saturated heterocycles. The van der Waals surface area contributed by atoms with Gasteiger partial charge in [0, 0.05) is 5.92 Å². The summed E-state index contributed by atoms with van der Waals surface area (Å²) >= 11 is 0. The van der Waals surface area contributed by atoms with Crippen LogP contribution in [0.2, 0.25) is 0 Å². The van der Waals surface area contributed by atoms with Crippen LogP contribution in [0.25, 0.3) is 11.1 Å². The molecule has 1 atom stereocenters. The Hall–Kier alpha value is -4.33. The highest BCUT2D eigenvalue weighted by atomic mass is 16.5. The predicted molar refractivity (Wildman–Crippen MR) is 131 cm³/mol. The van der Waals surface area contributed by atoms with E-state index in [1.165, 1.54) is 19.2 Å². The molecule has 0 unspecified atom stereocenters. The van der Waals surface area contributed by atoms with Gasteiger partial charge in [-0.05, 0) is 46.9 Å². The van der Waals surface area contributed by atoms with Crippen LogP contribution in [-0.2, 0) is 9.53 Å². The standard InChI is InChI=1S/C27H26N2O6/c1-3-23(25(30)28-24-13-12-16(34-2)14-21(24)26(31)32)29-27(33)35-15-22-19-10-6-4-8-17(19)18-9-5-7-11-20(18)22/h4-14,22-23H,3,15H2,1-2H3,(H,28,30)(H,29,33)(H,31,32)/t23-/m0/s1. The second-order valence-corrected chi connectivity index (χ2v) is 8.14. The lowest BCUT2D eigenvalue weighted by Gasteiger charge is -2.19. The Bertz CT molecular complexity index is 1230. The van der Waals surface area contributed by atoms with Gasteiger partial charge in [0.2, 0.25) is 5.91 Å². The topological polar surface area (TPSA) is 114 Å². The van der Waals surface area contributed by atoms with Crippen molar-refractivity contribution < 1.29 is 29.0 Å². The van der Waals surface area contributed by atoms with Crippen molar-refractivity contribution >= 4 is 23.7 Å². The number of carboxylic acid groups (broad SMARTS) is 1. The van der Waals surface area contributed by atoms with Gasteiger partial charge in [0.05, 0.1) is 18.4 Å². The lowest BCUT2D eigenvalue weighted by atomic mass is 9.98. The number of fused-ring (bicyclic) bond motifs is 3. The lowest BCUT2D eigenvalue weighted by Crippen LogP contribution is -2.44. The molecule has 3 aromatic rings. The Morgan fingerprint density at radius 2 is 1.60 bits per heavy atom. The summed E-state index contributed by atoms with van der Waals surface area (Å²) < 4.78 is 10.6. The number of alkyl carbamates (subject to hydrolysis) is 1. The zero-order chi connectivity index (χ0) is 24.9. The summed E-state index contributed by atoms with van der Waals surface area (Å²) in [5, 5.41) is 14.6. The lowest BCUT2D eigenvalue weighted by molar-refractivity contribution is -0.118. The minimum absolute atomic E-state index is 0.0977. The number of carbonyl (C=O) groups is 3. The summed E-state index contributed by atoms with van der Waals surface area (Å²) in [6.45, 7) is 1.86. The highest BCUT2D eigenvalue weighted by molar-refractivity contribution is 6.03. The largest absolute Gasteiger partial charge is 0.497 e. The molecule has 0 spiro atoms. The van der Waals surface area contributed by atoms with E-state index in [0.717, 1.165) is 22.3 Å². The van der Waals surface area contributed by atoms with Crippen LogP contribution in [-0.4, -0.2) is 42.8 Å². The summed E-state index contributed by atoms with van der Waals surface area (Å²) in [5.74, 6) is -1.51. The summed E-state index contributed by atoms with van der Waals surface area (Å²) in [5.41, 5.74) is 4.41. The maximum Gasteiger partial charge on any atom is 0.407 e. The second kappa shape index (κ2) is 10.3. The Balaban J connectivity index is 1.41. The van der Waals surface area contributed by atoms with E-state index in [-0.39, 0.29) is 30.2 Å². The van der Waals surface area contributed by atoms with Gasteiger partial charge in [-0.3, -0.25) is 4.79 Å². The monoisotopic (exact) mass is 474 g/mol. The van der Waals surface area contributed by atoms with E-state index >= 15 is 0 Å². The molecule has 0 heterocycles. The van der Waals surface area contributed by atoms with Gasteiger partial charge < -0.3 is 25.2 Å². The van der Waals surface area contributed by atoms with Crippen molar-refractivity contribution in [2.24, 2.45) is 0 Å². The van der Waals surface area contributed by atoms with Crippen molar-refractivity contribution in [3.63, 3.8) is 0 Å². The maximum absolute atomic E-state index is 12.8. The fourth-order valence-corrected chi connectivity index (χ4v) is 4.29. The number of nitrogens with one attached hydrogen (secondary N) is 2. The molecule has 8 nitrogen and oxygen atoms in total. The molecular formula is C27H26N2O6. The SMILES string of the molecule is CC[C@H](NC(=O)OCC1c2ccccc2-c2ccccc21)C(=O)Nc1ccc(OC)cc1C(=O)O. The smallest absolute Gasteiger partial charge is 0.407 e. The number of hydrogen-bond donors (Lipinski definition) is 3. The number of ether oxygens (including phenoxy) is 2. The Morgan fingerprint density at radius 3 is 2.17 bits per heavy atom. The maximum atomic E-state index is 12.8. The van der Waals surface area contributed by atoms with Crippen LogP contribution in [0, 0.1) is 0 Å². The van der Waals surface area contributed by atoms with Gasteiger partial charge in [0.15, 0.2) is 0 Å². The molecule has 0 fully saturated rings. The first-order valence-electron chi connectivity index (χ1n) is 11.3. The highest BCUT2D eigenvalue weighted by Gasteiger charge is 2.29. The first-order chi connectivity index (χ1) is 16.9. The number of anilines is 1. The average Bonchev–Trinajstić information content (AvgIpc) is 3.19. The first kappa shape index (κ1) is 23.8. The van der Waals surface area contributed by atoms with E-state index in [2.05, 4.69) is 22.8 Å². The summed E-state index contributed by atoms with van der Waals surface area (Å²) in [6, 6.07) is 19.4. The number of carboxylic acids is 1. The van der Waals surface area contributed by atoms with Crippen molar-refractivity contribution in [3.05, 3.63) is 83.4 Å². The normalized spacial score (nSPS) is 12.7. The van der Waals surface area contributed by atoms with E-state index in [4.69, 9.17) is 9.47 Å². The molecule has 1 aliphatic rings. The summed E-state index contributed by atoms with van der Waals surface area (Å²) in [6.07, 6.45) is -0.434. The third-order valence-electron chi connectivity index (χ3n) is 6.08. The molecule has 180 valence electrons. The van der Waals surface area contributed by atoms with Crippen LogP contribution < -0.4 is 15.4 Å². The quantitative estimate of drug-likeness (QED) is 0.438. The minimum atomic E-state index is -1.21. The third kappa shape index (κ3) is 4.96. The fourth-order valence-electron chi connectivity index (χ4n) is 4.29. The van der Waals surface area contributed by atoms with Gasteiger partial charge >= 0.3 is 12.1 Å². The van der Waals surface area contributed by atoms with Crippen LogP contribution in [0.15, 0.2) is 66.7 Å². The van der Waals surface area contributed by atoms with Crippen molar-refractivity contribution in [1.82, 2.24) is 5.32 Å². The number of amides is 2. The van der Waals surface area contributed by atoms with Crippen LogP contribution in [0.5, 0.6) is 5.75 Å². The van der Waals surface area contributed by atoms with Crippen molar-refractivity contribution in [1.29, 1.82) is 0 Å². The van der Waals surface area contributed by atoms with Gasteiger partial charge in [0.1, 0.15) is 18.4 Å². The van der Waals surface area contributed by atoms with Gasteiger partial charge in [-0.15, -0.1) is 0 Å².